The van der Waals surface area contributed by atoms with Gasteiger partial charge in [0.15, 0.2) is 0 Å². The zero-order chi connectivity index (χ0) is 23.2. The van der Waals surface area contributed by atoms with Crippen molar-refractivity contribution < 1.29 is 22.4 Å². The molecule has 0 amide bonds. The summed E-state index contributed by atoms with van der Waals surface area (Å²) < 4.78 is 46.9. The molecule has 10 nitrogen and oxygen atoms in total. The molecule has 2 aromatic heterocycles. The number of piperidine rings is 1. The van der Waals surface area contributed by atoms with Crippen LogP contribution < -0.4 is 15.5 Å². The Morgan fingerprint density at radius 3 is 2.52 bits per heavy atom. The number of aromatic nitrogens is 5. The lowest BCUT2D eigenvalue weighted by Crippen LogP contribution is -2.26. The molecule has 13 heteroatoms. The van der Waals surface area contributed by atoms with Crippen LogP contribution in [0.4, 0.5) is 36.8 Å². The molecule has 1 saturated heterocycles. The third-order valence-corrected chi connectivity index (χ3v) is 5.92. The number of hydrogen-bond acceptors (Lipinski definition) is 10. The number of alkyl halides is 3. The normalized spacial score (nSPS) is 21.8. The maximum atomic E-state index is 12.2. The molecule has 2 unspecified atom stereocenters. The predicted molar refractivity (Wildman–Crippen MR) is 112 cm³/mol. The smallest absolute Gasteiger partial charge is 0.372 e. The molecule has 1 saturated carbocycles. The molecule has 1 aliphatic carbocycles. The minimum absolute atomic E-state index is 0.0215. The molecule has 2 atom stereocenters. The molecule has 2 fully saturated rings. The van der Waals surface area contributed by atoms with Crippen molar-refractivity contribution in [3.05, 3.63) is 30.3 Å². The third-order valence-electron chi connectivity index (χ3n) is 5.92. The van der Waals surface area contributed by atoms with Crippen molar-refractivity contribution in [1.29, 1.82) is 0 Å². The molecule has 33 heavy (non-hydrogen) atoms. The average molecular weight is 462 g/mol. The monoisotopic (exact) mass is 462 g/mol. The topological polar surface area (TPSA) is 119 Å². The Hall–Kier alpha value is -3.48. The second-order valence-electron chi connectivity index (χ2n) is 8.14. The standard InChI is InChI=1S/C20H21F3N8O2/c1-30(11-5-3-2-4-6-11)18-26-15(25-17(24)28-18)16-27-19(33-29-16)31-7-12-13(8-31)14(12)9-32-10-20(21,22)23/h2-6,12-14H,7-10H2,1H3,(H2,24,25,26,28). The summed E-state index contributed by atoms with van der Waals surface area (Å²) in [6, 6.07) is 9.83. The Kier molecular flexibility index (Phi) is 5.27. The van der Waals surface area contributed by atoms with Gasteiger partial charge in [0.25, 0.3) is 0 Å². The van der Waals surface area contributed by atoms with Crippen LogP contribution in [0.1, 0.15) is 0 Å². The summed E-state index contributed by atoms with van der Waals surface area (Å²) in [6.45, 7) is 0.136. The van der Waals surface area contributed by atoms with Crippen molar-refractivity contribution >= 4 is 23.6 Å². The van der Waals surface area contributed by atoms with Gasteiger partial charge in [-0.05, 0) is 29.9 Å². The third kappa shape index (κ3) is 4.53. The number of benzene rings is 1. The maximum absolute atomic E-state index is 12.2. The van der Waals surface area contributed by atoms with E-state index in [0.29, 0.717) is 25.1 Å². The fourth-order valence-electron chi connectivity index (χ4n) is 4.20. The van der Waals surface area contributed by atoms with Crippen LogP contribution in [0.3, 0.4) is 0 Å². The van der Waals surface area contributed by atoms with Crippen LogP contribution >= 0.6 is 0 Å². The zero-order valence-electron chi connectivity index (χ0n) is 17.6. The van der Waals surface area contributed by atoms with Gasteiger partial charge in [-0.25, -0.2) is 0 Å². The Morgan fingerprint density at radius 1 is 1.09 bits per heavy atom. The van der Waals surface area contributed by atoms with Crippen LogP contribution in [-0.2, 0) is 4.74 Å². The summed E-state index contributed by atoms with van der Waals surface area (Å²) in [5, 5.41) is 3.98. The van der Waals surface area contributed by atoms with E-state index in [4.69, 9.17) is 15.0 Å². The van der Waals surface area contributed by atoms with Crippen molar-refractivity contribution in [2.24, 2.45) is 17.8 Å². The number of para-hydroxylation sites is 1. The van der Waals surface area contributed by atoms with Crippen molar-refractivity contribution in [1.82, 2.24) is 25.1 Å². The van der Waals surface area contributed by atoms with E-state index >= 15 is 0 Å². The lowest BCUT2D eigenvalue weighted by molar-refractivity contribution is -0.175. The van der Waals surface area contributed by atoms with Crippen molar-refractivity contribution in [3.63, 3.8) is 0 Å². The fraction of sp³-hybridized carbons (Fsp3) is 0.450. The highest BCUT2D eigenvalue weighted by Gasteiger charge is 2.56. The molecule has 2 aliphatic rings. The van der Waals surface area contributed by atoms with Gasteiger partial charge in [0.1, 0.15) is 6.61 Å². The first kappa shape index (κ1) is 21.4. The number of nitrogens with zero attached hydrogens (tertiary/aromatic N) is 7. The molecular formula is C20H21F3N8O2. The Bertz CT molecular complexity index is 1110. The number of fused-ring (bicyclic) bond motifs is 1. The van der Waals surface area contributed by atoms with Gasteiger partial charge in [0.05, 0.1) is 6.61 Å². The van der Waals surface area contributed by atoms with Gasteiger partial charge in [-0.3, -0.25) is 0 Å². The minimum atomic E-state index is -4.30. The summed E-state index contributed by atoms with van der Waals surface area (Å²) >= 11 is 0. The van der Waals surface area contributed by atoms with Gasteiger partial charge in [0, 0.05) is 25.8 Å². The number of anilines is 4. The molecule has 174 valence electrons. The first-order chi connectivity index (χ1) is 15.8. The molecule has 1 aromatic carbocycles. The van der Waals surface area contributed by atoms with Crippen molar-refractivity contribution in [2.75, 3.05) is 48.9 Å². The van der Waals surface area contributed by atoms with Gasteiger partial charge in [-0.1, -0.05) is 23.4 Å². The Labute approximate surface area is 186 Å². The average Bonchev–Trinajstić information content (AvgIpc) is 3.17. The van der Waals surface area contributed by atoms with E-state index in [1.165, 1.54) is 0 Å². The van der Waals surface area contributed by atoms with E-state index in [1.807, 2.05) is 35.2 Å². The number of nitrogens with two attached hydrogens (primary N) is 1. The maximum Gasteiger partial charge on any atom is 0.411 e. The molecule has 2 N–H and O–H groups in total. The summed E-state index contributed by atoms with van der Waals surface area (Å²) in [6.07, 6.45) is -4.30. The number of halogens is 3. The Balaban J connectivity index is 1.24. The SMILES string of the molecule is CN(c1ccccc1)c1nc(N)nc(-c2noc(N3CC4C(COCC(F)(F)F)C4C3)n2)n1. The lowest BCUT2D eigenvalue weighted by Gasteiger charge is -2.17. The second-order valence-corrected chi connectivity index (χ2v) is 8.14. The number of nitrogen functional groups attached to an aromatic ring is 1. The highest BCUT2D eigenvalue weighted by Crippen LogP contribution is 2.52. The van der Waals surface area contributed by atoms with Crippen LogP contribution in [0.15, 0.2) is 34.9 Å². The van der Waals surface area contributed by atoms with Crippen molar-refractivity contribution in [2.45, 2.75) is 6.18 Å². The van der Waals surface area contributed by atoms with Crippen LogP contribution in [0.25, 0.3) is 11.6 Å². The number of rotatable bonds is 7. The molecule has 0 radical (unpaired) electrons. The second kappa shape index (κ2) is 8.14. The zero-order valence-corrected chi connectivity index (χ0v) is 17.6. The van der Waals surface area contributed by atoms with E-state index in [1.54, 1.807) is 11.9 Å². The summed E-state index contributed by atoms with van der Waals surface area (Å²) in [5.74, 6) is 1.35. The molecule has 5 rings (SSSR count). The molecular weight excluding hydrogens is 441 g/mol. The van der Waals surface area contributed by atoms with Crippen LogP contribution in [-0.4, -0.2) is 64.6 Å². The minimum Gasteiger partial charge on any atom is -0.372 e. The van der Waals surface area contributed by atoms with Gasteiger partial charge < -0.3 is 24.8 Å². The van der Waals surface area contributed by atoms with Gasteiger partial charge >= 0.3 is 12.2 Å². The Morgan fingerprint density at radius 2 is 1.82 bits per heavy atom. The molecule has 3 aromatic rings. The van der Waals surface area contributed by atoms with Gasteiger partial charge in [-0.15, -0.1) is 0 Å². The number of hydrogen-bond donors (Lipinski definition) is 1. The van der Waals surface area contributed by atoms with Crippen LogP contribution in [0, 0.1) is 17.8 Å². The summed E-state index contributed by atoms with van der Waals surface area (Å²) in [4.78, 5) is 20.8. The molecule has 0 bridgehead atoms. The quantitative estimate of drug-likeness (QED) is 0.561. The van der Waals surface area contributed by atoms with E-state index in [9.17, 15) is 13.2 Å². The molecule has 0 spiro atoms. The molecule has 1 aliphatic heterocycles. The highest BCUT2D eigenvalue weighted by molar-refractivity contribution is 5.59. The first-order valence-corrected chi connectivity index (χ1v) is 10.3. The summed E-state index contributed by atoms with van der Waals surface area (Å²) in [7, 11) is 1.81. The lowest BCUT2D eigenvalue weighted by atomic mass is 10.3. The highest BCUT2D eigenvalue weighted by atomic mass is 19.4. The summed E-state index contributed by atoms with van der Waals surface area (Å²) in [5.41, 5.74) is 6.75. The first-order valence-electron chi connectivity index (χ1n) is 10.3. The van der Waals surface area contributed by atoms with E-state index in [2.05, 4.69) is 25.1 Å². The van der Waals surface area contributed by atoms with Crippen molar-refractivity contribution in [3.8, 4) is 11.6 Å². The van der Waals surface area contributed by atoms with E-state index in [-0.39, 0.29) is 42.0 Å². The predicted octanol–water partition coefficient (Wildman–Crippen LogP) is 2.53. The molecule has 3 heterocycles. The fourth-order valence-corrected chi connectivity index (χ4v) is 4.20. The van der Waals surface area contributed by atoms with E-state index < -0.39 is 12.8 Å². The number of ether oxygens (including phenoxy) is 1. The van der Waals surface area contributed by atoms with Gasteiger partial charge in [-0.2, -0.15) is 33.1 Å². The largest absolute Gasteiger partial charge is 0.411 e. The van der Waals surface area contributed by atoms with Gasteiger partial charge in [0.2, 0.25) is 23.5 Å². The van der Waals surface area contributed by atoms with E-state index in [0.717, 1.165) is 5.69 Å². The van der Waals surface area contributed by atoms with Crippen LogP contribution in [0.5, 0.6) is 0 Å². The van der Waals surface area contributed by atoms with Crippen LogP contribution in [0.2, 0.25) is 0 Å².